The molecule has 0 saturated heterocycles. The van der Waals surface area contributed by atoms with Crippen LogP contribution < -0.4 is 5.32 Å². The van der Waals surface area contributed by atoms with Crippen molar-refractivity contribution < 1.29 is 5.11 Å². The van der Waals surface area contributed by atoms with Crippen molar-refractivity contribution in [2.45, 2.75) is 46.2 Å². The molecular formula is C13H25N3O. The third-order valence-electron chi connectivity index (χ3n) is 2.91. The molecule has 0 spiro atoms. The number of imidazole rings is 1. The van der Waals surface area contributed by atoms with Crippen molar-refractivity contribution in [3.05, 3.63) is 18.2 Å². The van der Waals surface area contributed by atoms with E-state index < -0.39 is 0 Å². The lowest BCUT2D eigenvalue weighted by Gasteiger charge is -2.09. The van der Waals surface area contributed by atoms with Crippen LogP contribution in [0, 0.1) is 5.92 Å². The van der Waals surface area contributed by atoms with Gasteiger partial charge in [-0.15, -0.1) is 0 Å². The summed E-state index contributed by atoms with van der Waals surface area (Å²) >= 11 is 0. The van der Waals surface area contributed by atoms with Gasteiger partial charge in [0.1, 0.15) is 5.82 Å². The molecular weight excluding hydrogens is 214 g/mol. The van der Waals surface area contributed by atoms with Gasteiger partial charge in [0.25, 0.3) is 0 Å². The van der Waals surface area contributed by atoms with Crippen molar-refractivity contribution in [3.63, 3.8) is 0 Å². The summed E-state index contributed by atoms with van der Waals surface area (Å²) in [5.74, 6) is 1.53. The van der Waals surface area contributed by atoms with Gasteiger partial charge in [-0.05, 0) is 31.7 Å². The first kappa shape index (κ1) is 14.2. The van der Waals surface area contributed by atoms with Crippen LogP contribution in [0.25, 0.3) is 0 Å². The Morgan fingerprint density at radius 2 is 2.35 bits per heavy atom. The van der Waals surface area contributed by atoms with E-state index in [0.717, 1.165) is 44.7 Å². The van der Waals surface area contributed by atoms with E-state index in [2.05, 4.69) is 28.7 Å². The quantitative estimate of drug-likeness (QED) is 0.646. The average Bonchev–Trinajstić information content (AvgIpc) is 2.76. The largest absolute Gasteiger partial charge is 0.396 e. The second kappa shape index (κ2) is 8.25. The van der Waals surface area contributed by atoms with Crippen LogP contribution in [0.15, 0.2) is 12.4 Å². The molecule has 1 aromatic rings. The number of nitrogens with one attached hydrogen (secondary N) is 1. The van der Waals surface area contributed by atoms with Gasteiger partial charge in [-0.3, -0.25) is 0 Å². The summed E-state index contributed by atoms with van der Waals surface area (Å²) in [6.45, 7) is 7.41. The Morgan fingerprint density at radius 3 is 3.06 bits per heavy atom. The van der Waals surface area contributed by atoms with Crippen molar-refractivity contribution in [1.82, 2.24) is 14.9 Å². The van der Waals surface area contributed by atoms with Crippen molar-refractivity contribution >= 4 is 0 Å². The van der Waals surface area contributed by atoms with Crippen LogP contribution in [-0.4, -0.2) is 27.8 Å². The highest BCUT2D eigenvalue weighted by atomic mass is 16.3. The number of nitrogens with zero attached hydrogens (tertiary/aromatic N) is 2. The fraction of sp³-hybridized carbons (Fsp3) is 0.769. The summed E-state index contributed by atoms with van der Waals surface area (Å²) in [7, 11) is 0. The summed E-state index contributed by atoms with van der Waals surface area (Å²) in [6.07, 6.45) is 7.22. The Morgan fingerprint density at radius 1 is 1.53 bits per heavy atom. The fourth-order valence-corrected chi connectivity index (χ4v) is 1.82. The van der Waals surface area contributed by atoms with Crippen LogP contribution in [0.1, 0.15) is 38.9 Å². The second-order valence-electron chi connectivity index (χ2n) is 4.64. The van der Waals surface area contributed by atoms with Gasteiger partial charge in [0.15, 0.2) is 0 Å². The lowest BCUT2D eigenvalue weighted by Crippen LogP contribution is -2.19. The molecule has 0 aliphatic heterocycles. The standard InChI is InChI=1S/C13H25N3O/c1-3-8-16-9-7-15-13(16)10-14-6-4-5-12(2)11-17/h7,9,12,14,17H,3-6,8,10-11H2,1-2H3. The van der Waals surface area contributed by atoms with Crippen LogP contribution in [-0.2, 0) is 13.1 Å². The molecule has 17 heavy (non-hydrogen) atoms. The molecule has 1 aromatic heterocycles. The summed E-state index contributed by atoms with van der Waals surface area (Å²) in [4.78, 5) is 4.34. The highest BCUT2D eigenvalue weighted by molar-refractivity contribution is 4.91. The summed E-state index contributed by atoms with van der Waals surface area (Å²) in [6, 6.07) is 0. The van der Waals surface area contributed by atoms with Gasteiger partial charge >= 0.3 is 0 Å². The van der Waals surface area contributed by atoms with Crippen LogP contribution in [0.4, 0.5) is 0 Å². The third kappa shape index (κ3) is 5.33. The molecule has 0 aliphatic rings. The molecule has 98 valence electrons. The maximum absolute atomic E-state index is 8.90. The zero-order valence-electron chi connectivity index (χ0n) is 11.0. The van der Waals surface area contributed by atoms with Gasteiger partial charge in [0.2, 0.25) is 0 Å². The van der Waals surface area contributed by atoms with E-state index in [0.29, 0.717) is 12.5 Å². The Bertz CT molecular complexity index is 299. The van der Waals surface area contributed by atoms with Gasteiger partial charge < -0.3 is 15.0 Å². The van der Waals surface area contributed by atoms with Crippen LogP contribution in [0.5, 0.6) is 0 Å². The van der Waals surface area contributed by atoms with E-state index in [1.54, 1.807) is 0 Å². The minimum Gasteiger partial charge on any atom is -0.396 e. The van der Waals surface area contributed by atoms with Crippen LogP contribution in [0.3, 0.4) is 0 Å². The molecule has 0 amide bonds. The second-order valence-corrected chi connectivity index (χ2v) is 4.64. The lowest BCUT2D eigenvalue weighted by molar-refractivity contribution is 0.228. The molecule has 0 aromatic carbocycles. The van der Waals surface area contributed by atoms with Gasteiger partial charge in [-0.1, -0.05) is 13.8 Å². The monoisotopic (exact) mass is 239 g/mol. The number of aryl methyl sites for hydroxylation is 1. The Labute approximate surface area is 104 Å². The SMILES string of the molecule is CCCn1ccnc1CNCCCC(C)CO. The van der Waals surface area contributed by atoms with Crippen molar-refractivity contribution in [2.75, 3.05) is 13.2 Å². The summed E-state index contributed by atoms with van der Waals surface area (Å²) in [5, 5.41) is 12.3. The Balaban J connectivity index is 2.15. The molecule has 0 radical (unpaired) electrons. The topological polar surface area (TPSA) is 50.1 Å². The molecule has 0 bridgehead atoms. The number of hydrogen-bond acceptors (Lipinski definition) is 3. The molecule has 1 heterocycles. The number of aliphatic hydroxyl groups is 1. The Hall–Kier alpha value is -0.870. The highest BCUT2D eigenvalue weighted by Gasteiger charge is 2.02. The molecule has 2 N–H and O–H groups in total. The summed E-state index contributed by atoms with van der Waals surface area (Å²) in [5.41, 5.74) is 0. The number of aliphatic hydroxyl groups excluding tert-OH is 1. The van der Waals surface area contributed by atoms with E-state index in [1.807, 2.05) is 12.4 Å². The zero-order valence-corrected chi connectivity index (χ0v) is 11.0. The maximum atomic E-state index is 8.90. The highest BCUT2D eigenvalue weighted by Crippen LogP contribution is 2.03. The number of hydrogen-bond donors (Lipinski definition) is 2. The van der Waals surface area contributed by atoms with Gasteiger partial charge in [-0.2, -0.15) is 0 Å². The van der Waals surface area contributed by atoms with Gasteiger partial charge in [0.05, 0.1) is 6.54 Å². The first-order chi connectivity index (χ1) is 8.27. The minimum absolute atomic E-state index is 0.293. The predicted molar refractivity (Wildman–Crippen MR) is 69.7 cm³/mol. The smallest absolute Gasteiger partial charge is 0.122 e. The van der Waals surface area contributed by atoms with Gasteiger partial charge in [-0.25, -0.2) is 4.98 Å². The van der Waals surface area contributed by atoms with E-state index in [4.69, 9.17) is 5.11 Å². The van der Waals surface area contributed by atoms with Crippen molar-refractivity contribution in [2.24, 2.45) is 5.92 Å². The molecule has 4 nitrogen and oxygen atoms in total. The molecule has 0 saturated carbocycles. The van der Waals surface area contributed by atoms with Crippen molar-refractivity contribution in [1.29, 1.82) is 0 Å². The van der Waals surface area contributed by atoms with E-state index in [9.17, 15) is 0 Å². The van der Waals surface area contributed by atoms with E-state index in [1.165, 1.54) is 0 Å². The molecule has 0 fully saturated rings. The number of rotatable bonds is 9. The number of aromatic nitrogens is 2. The predicted octanol–water partition coefficient (Wildman–Crippen LogP) is 1.79. The molecule has 1 unspecified atom stereocenters. The minimum atomic E-state index is 0.293. The van der Waals surface area contributed by atoms with E-state index in [-0.39, 0.29) is 0 Å². The summed E-state index contributed by atoms with van der Waals surface area (Å²) < 4.78 is 2.20. The molecule has 1 atom stereocenters. The van der Waals surface area contributed by atoms with E-state index >= 15 is 0 Å². The fourth-order valence-electron chi connectivity index (χ4n) is 1.82. The average molecular weight is 239 g/mol. The normalized spacial score (nSPS) is 12.9. The zero-order chi connectivity index (χ0) is 12.5. The maximum Gasteiger partial charge on any atom is 0.122 e. The van der Waals surface area contributed by atoms with Gasteiger partial charge in [0, 0.05) is 25.5 Å². The third-order valence-corrected chi connectivity index (χ3v) is 2.91. The van der Waals surface area contributed by atoms with Crippen molar-refractivity contribution in [3.8, 4) is 0 Å². The molecule has 4 heteroatoms. The van der Waals surface area contributed by atoms with Crippen LogP contribution >= 0.6 is 0 Å². The molecule has 1 rings (SSSR count). The Kier molecular flexibility index (Phi) is 6.89. The first-order valence-corrected chi connectivity index (χ1v) is 6.59. The lowest BCUT2D eigenvalue weighted by atomic mass is 10.1. The van der Waals surface area contributed by atoms with Crippen LogP contribution in [0.2, 0.25) is 0 Å². The molecule has 0 aliphatic carbocycles. The first-order valence-electron chi connectivity index (χ1n) is 6.59.